The molecule has 0 bridgehead atoms. The lowest BCUT2D eigenvalue weighted by Gasteiger charge is -1.95. The fourth-order valence-corrected chi connectivity index (χ4v) is 0.625. The van der Waals surface area contributed by atoms with E-state index in [0.29, 0.717) is 0 Å². The van der Waals surface area contributed by atoms with E-state index in [1.54, 1.807) is 0 Å². The third-order valence-electron chi connectivity index (χ3n) is 1.09. The van der Waals surface area contributed by atoms with Crippen LogP contribution in [0.15, 0.2) is 16.9 Å². The van der Waals surface area contributed by atoms with E-state index in [9.17, 15) is 20.2 Å². The molecule has 8 nitrogen and oxygen atoms in total. The Hall–Kier alpha value is -1.99. The number of amidine groups is 1. The largest absolute Gasteiger partial charge is 0.438 e. The highest BCUT2D eigenvalue weighted by molar-refractivity contribution is 5.89. The maximum absolute atomic E-state index is 10.3. The van der Waals surface area contributed by atoms with Gasteiger partial charge in [-0.15, -0.1) is 0 Å². The Morgan fingerprint density at radius 2 is 1.92 bits per heavy atom. The van der Waals surface area contributed by atoms with Crippen LogP contribution in [0.5, 0.6) is 0 Å². The van der Waals surface area contributed by atoms with Crippen LogP contribution in [-0.2, 0) is 0 Å². The molecule has 13 heavy (non-hydrogen) atoms. The van der Waals surface area contributed by atoms with Crippen LogP contribution < -0.4 is 5.32 Å². The molecule has 0 aliphatic heterocycles. The zero-order chi connectivity index (χ0) is 10.4. The van der Waals surface area contributed by atoms with Gasteiger partial charge in [0, 0.05) is 7.05 Å². The SMILES string of the molecule is C/N=C(/C(=C\NC)[N+](=O)[O-])[N+](=O)[O-]. The molecule has 0 atom stereocenters. The number of aliphatic imine (C=N–C) groups is 1. The van der Waals surface area contributed by atoms with E-state index in [-0.39, 0.29) is 0 Å². The summed E-state index contributed by atoms with van der Waals surface area (Å²) in [5.74, 6) is -0.778. The molecule has 0 fully saturated rings. The summed E-state index contributed by atoms with van der Waals surface area (Å²) < 4.78 is 0. The third kappa shape index (κ3) is 2.85. The summed E-state index contributed by atoms with van der Waals surface area (Å²) >= 11 is 0. The molecule has 8 heteroatoms. The fourth-order valence-electron chi connectivity index (χ4n) is 0.625. The van der Waals surface area contributed by atoms with Crippen LogP contribution in [-0.4, -0.2) is 29.8 Å². The van der Waals surface area contributed by atoms with Gasteiger partial charge in [0.25, 0.3) is 0 Å². The van der Waals surface area contributed by atoms with E-state index >= 15 is 0 Å². The normalized spacial score (nSPS) is 12.5. The highest BCUT2D eigenvalue weighted by atomic mass is 16.6. The van der Waals surface area contributed by atoms with Crippen molar-refractivity contribution in [1.82, 2.24) is 5.32 Å². The molecule has 0 aromatic heterocycles. The Labute approximate surface area is 73.3 Å². The average Bonchev–Trinajstić information content (AvgIpc) is 2.03. The molecule has 0 unspecified atom stereocenters. The van der Waals surface area contributed by atoms with Crippen molar-refractivity contribution in [2.24, 2.45) is 4.99 Å². The van der Waals surface area contributed by atoms with E-state index in [2.05, 4.69) is 10.3 Å². The van der Waals surface area contributed by atoms with Crippen molar-refractivity contribution in [1.29, 1.82) is 0 Å². The van der Waals surface area contributed by atoms with Crippen molar-refractivity contribution in [3.05, 3.63) is 32.1 Å². The van der Waals surface area contributed by atoms with Gasteiger partial charge in [-0.1, -0.05) is 4.99 Å². The van der Waals surface area contributed by atoms with Crippen molar-refractivity contribution >= 4 is 5.84 Å². The Morgan fingerprint density at radius 3 is 2.15 bits per heavy atom. The predicted molar refractivity (Wildman–Crippen MR) is 44.5 cm³/mol. The minimum atomic E-state index is -0.911. The first kappa shape index (κ1) is 11.0. The third-order valence-corrected chi connectivity index (χ3v) is 1.09. The van der Waals surface area contributed by atoms with Gasteiger partial charge in [0.15, 0.2) is 0 Å². The van der Waals surface area contributed by atoms with Crippen LogP contribution in [0.2, 0.25) is 0 Å². The summed E-state index contributed by atoms with van der Waals surface area (Å²) in [6.45, 7) is 0. The minimum Gasteiger partial charge on any atom is -0.388 e. The van der Waals surface area contributed by atoms with Crippen molar-refractivity contribution < 1.29 is 9.85 Å². The summed E-state index contributed by atoms with van der Waals surface area (Å²) in [5.41, 5.74) is -0.671. The Kier molecular flexibility index (Phi) is 4.07. The smallest absolute Gasteiger partial charge is 0.388 e. The van der Waals surface area contributed by atoms with Gasteiger partial charge in [-0.05, 0) is 4.92 Å². The summed E-state index contributed by atoms with van der Waals surface area (Å²) in [4.78, 5) is 22.0. The maximum atomic E-state index is 10.3. The van der Waals surface area contributed by atoms with Crippen LogP contribution in [0.3, 0.4) is 0 Å². The predicted octanol–water partition coefficient (Wildman–Crippen LogP) is -0.371. The number of hydrogen-bond donors (Lipinski definition) is 1. The molecule has 0 spiro atoms. The molecule has 1 N–H and O–H groups in total. The monoisotopic (exact) mass is 188 g/mol. The first-order valence-corrected chi connectivity index (χ1v) is 3.18. The van der Waals surface area contributed by atoms with Crippen LogP contribution in [0.25, 0.3) is 0 Å². The van der Waals surface area contributed by atoms with Crippen molar-refractivity contribution in [2.45, 2.75) is 0 Å². The second-order valence-electron chi connectivity index (χ2n) is 1.88. The van der Waals surface area contributed by atoms with Crippen molar-refractivity contribution in [3.63, 3.8) is 0 Å². The molecule has 0 amide bonds. The lowest BCUT2D eigenvalue weighted by Crippen LogP contribution is -2.21. The summed E-state index contributed by atoms with van der Waals surface area (Å²) in [6.07, 6.45) is 0.908. The molecular weight excluding hydrogens is 180 g/mol. The molecule has 0 rings (SSSR count). The summed E-state index contributed by atoms with van der Waals surface area (Å²) in [5, 5.41) is 22.9. The number of rotatable bonds is 3. The number of nitro groups is 2. The highest BCUT2D eigenvalue weighted by Crippen LogP contribution is 1.98. The van der Waals surface area contributed by atoms with Gasteiger partial charge in [0.05, 0.1) is 11.1 Å². The molecule has 0 heterocycles. The minimum absolute atomic E-state index is 0.671. The van der Waals surface area contributed by atoms with Crippen LogP contribution in [0.1, 0.15) is 0 Å². The topological polar surface area (TPSA) is 111 Å². The standard InChI is InChI=1S/C5H8N4O4/c1-6-3-4(8(10)11)5(7-2)9(12)13/h3,6H,1-2H3/b4-3+,7-5-. The number of nitrogens with one attached hydrogen (secondary N) is 1. The zero-order valence-corrected chi connectivity index (χ0v) is 7.05. The summed E-state index contributed by atoms with van der Waals surface area (Å²) in [6, 6.07) is 0. The average molecular weight is 188 g/mol. The van der Waals surface area contributed by atoms with E-state index in [1.165, 1.54) is 7.05 Å². The Bertz CT molecular complexity index is 282. The lowest BCUT2D eigenvalue weighted by atomic mass is 10.4. The summed E-state index contributed by atoms with van der Waals surface area (Å²) in [7, 11) is 2.52. The van der Waals surface area contributed by atoms with Crippen LogP contribution in [0, 0.1) is 20.2 Å². The van der Waals surface area contributed by atoms with Crippen molar-refractivity contribution in [3.8, 4) is 0 Å². The van der Waals surface area contributed by atoms with Gasteiger partial charge in [-0.3, -0.25) is 10.1 Å². The Balaban J connectivity index is 5.06. The Morgan fingerprint density at radius 1 is 1.38 bits per heavy atom. The van der Waals surface area contributed by atoms with Gasteiger partial charge in [0.2, 0.25) is 0 Å². The molecular formula is C5H8N4O4. The van der Waals surface area contributed by atoms with Gasteiger partial charge in [0.1, 0.15) is 7.05 Å². The second kappa shape index (κ2) is 4.80. The van der Waals surface area contributed by atoms with Gasteiger partial charge < -0.3 is 15.4 Å². The lowest BCUT2D eigenvalue weighted by molar-refractivity contribution is -0.437. The second-order valence-corrected chi connectivity index (χ2v) is 1.88. The van der Waals surface area contributed by atoms with Crippen LogP contribution in [0.4, 0.5) is 0 Å². The molecule has 0 saturated heterocycles. The van der Waals surface area contributed by atoms with Gasteiger partial charge in [-0.25, -0.2) is 0 Å². The van der Waals surface area contributed by atoms with E-state index in [1.807, 2.05) is 0 Å². The van der Waals surface area contributed by atoms with Crippen molar-refractivity contribution in [2.75, 3.05) is 14.1 Å². The molecule has 72 valence electrons. The first-order valence-electron chi connectivity index (χ1n) is 3.18. The molecule has 0 aliphatic rings. The number of nitrogens with zero attached hydrogens (tertiary/aromatic N) is 3. The van der Waals surface area contributed by atoms with E-state index < -0.39 is 21.4 Å². The fraction of sp³-hybridized carbons (Fsp3) is 0.400. The molecule has 0 aromatic carbocycles. The molecule has 0 aliphatic carbocycles. The molecule has 0 saturated carbocycles. The van der Waals surface area contributed by atoms with E-state index in [4.69, 9.17) is 0 Å². The van der Waals surface area contributed by atoms with Gasteiger partial charge >= 0.3 is 11.5 Å². The van der Waals surface area contributed by atoms with E-state index in [0.717, 1.165) is 13.2 Å². The van der Waals surface area contributed by atoms with Crippen LogP contribution >= 0.6 is 0 Å². The molecule has 0 radical (unpaired) electrons. The van der Waals surface area contributed by atoms with Gasteiger partial charge in [-0.2, -0.15) is 0 Å². The highest BCUT2D eigenvalue weighted by Gasteiger charge is 2.29. The number of hydrogen-bond acceptors (Lipinski definition) is 6. The zero-order valence-electron chi connectivity index (χ0n) is 7.05. The first-order chi connectivity index (χ1) is 6.04. The molecule has 0 aromatic rings. The quantitative estimate of drug-likeness (QED) is 0.281. The maximum Gasteiger partial charge on any atom is 0.438 e.